The van der Waals surface area contributed by atoms with E-state index in [1.54, 1.807) is 25.3 Å². The number of carbonyl (C=O) groups excluding carboxylic acids is 2. The molecule has 19 heteroatoms. The van der Waals surface area contributed by atoms with Crippen LogP contribution in [0.1, 0.15) is 29.6 Å². The van der Waals surface area contributed by atoms with Crippen molar-refractivity contribution >= 4 is 62.0 Å². The van der Waals surface area contributed by atoms with Gasteiger partial charge in [-0.2, -0.15) is 0 Å². The number of fused-ring (bicyclic) bond motifs is 5. The summed E-state index contributed by atoms with van der Waals surface area (Å²) in [6, 6.07) is 4.82. The molecule has 1 aliphatic carbocycles. The number of aromatic nitrogens is 5. The van der Waals surface area contributed by atoms with Crippen LogP contribution in [0, 0.1) is 0 Å². The minimum absolute atomic E-state index is 0.0803. The number of nitrogens with zero attached hydrogens (tertiary/aromatic N) is 6. The van der Waals surface area contributed by atoms with Gasteiger partial charge < -0.3 is 28.6 Å². The van der Waals surface area contributed by atoms with E-state index in [9.17, 15) is 29.1 Å². The summed E-state index contributed by atoms with van der Waals surface area (Å²) < 4.78 is 26.9. The molecule has 53 heavy (non-hydrogen) atoms. The van der Waals surface area contributed by atoms with Gasteiger partial charge in [0, 0.05) is 62.2 Å². The number of halogens is 3. The minimum atomic E-state index is -2.15. The summed E-state index contributed by atoms with van der Waals surface area (Å²) in [5.74, 6) is -2.05. The number of phenolic OH excluding ortho intramolecular Hbond substituents is 1. The molecule has 0 unspecified atom stereocenters. The van der Waals surface area contributed by atoms with E-state index < -0.39 is 50.5 Å². The Morgan fingerprint density at radius 1 is 0.906 bits per heavy atom. The molecule has 2 aromatic carbocycles. The molecule has 0 bridgehead atoms. The highest BCUT2D eigenvalue weighted by atomic mass is 79.9. The standard InChI is InChI=1S/C34H33BrCl2N6O10/c1-39-20-13-23(51-3)22(50-2)12-19(20)38-18(28(39)45)7-8-40-31(48)42-9-6-17-21(43(42)32(40)49)14-33(36)29(46)41(15-35)30(47)34(33,37)27(17)26-24(52-4)10-16(44)11-25(26)53-5/h6,10-13,21,27,44H,7-9,14-15H2,1-5H3/t21-,27-,33-,34+/m1/s1. The fourth-order valence-corrected chi connectivity index (χ4v) is 9.26. The summed E-state index contributed by atoms with van der Waals surface area (Å²) >= 11 is 17.8. The molecule has 16 nitrogen and oxygen atoms in total. The lowest BCUT2D eigenvalue weighted by Crippen LogP contribution is -2.59. The van der Waals surface area contributed by atoms with E-state index in [1.807, 2.05) is 0 Å². The number of carbonyl (C=O) groups is 2. The number of aromatic hydroxyl groups is 1. The van der Waals surface area contributed by atoms with Crippen LogP contribution in [0.3, 0.4) is 0 Å². The first kappa shape index (κ1) is 36.6. The van der Waals surface area contributed by atoms with Crippen LogP contribution in [-0.2, 0) is 36.1 Å². The van der Waals surface area contributed by atoms with Gasteiger partial charge in [-0.25, -0.2) is 28.5 Å². The van der Waals surface area contributed by atoms with Crippen LogP contribution in [0.2, 0.25) is 0 Å². The van der Waals surface area contributed by atoms with Gasteiger partial charge >= 0.3 is 11.4 Å². The molecule has 2 fully saturated rings. The largest absolute Gasteiger partial charge is 0.508 e. The van der Waals surface area contributed by atoms with E-state index in [1.165, 1.54) is 54.5 Å². The number of methoxy groups -OCH3 is 4. The van der Waals surface area contributed by atoms with Crippen molar-refractivity contribution in [2.75, 3.05) is 33.9 Å². The van der Waals surface area contributed by atoms with Crippen LogP contribution >= 0.6 is 39.1 Å². The molecule has 2 amide bonds. The van der Waals surface area contributed by atoms with Crippen LogP contribution in [-0.4, -0.2) is 88.9 Å². The van der Waals surface area contributed by atoms with Crippen molar-refractivity contribution in [2.45, 2.75) is 47.6 Å². The first-order valence-corrected chi connectivity index (χ1v) is 18.1. The molecular formula is C34H33BrCl2N6O10. The Morgan fingerprint density at radius 3 is 2.13 bits per heavy atom. The van der Waals surface area contributed by atoms with Crippen LogP contribution in [0.4, 0.5) is 0 Å². The van der Waals surface area contributed by atoms with Crippen LogP contribution in [0.25, 0.3) is 11.0 Å². The number of allylic oxidation sites excluding steroid dienone is 2. The molecule has 4 heterocycles. The number of ether oxygens (including phenoxy) is 4. The molecule has 2 aromatic heterocycles. The van der Waals surface area contributed by atoms with E-state index in [2.05, 4.69) is 20.9 Å². The van der Waals surface area contributed by atoms with Gasteiger partial charge in [-0.15, -0.1) is 23.2 Å². The number of alkyl halides is 3. The molecule has 4 aromatic rings. The number of phenols is 1. The highest BCUT2D eigenvalue weighted by Crippen LogP contribution is 2.65. The van der Waals surface area contributed by atoms with Gasteiger partial charge in [0.2, 0.25) is 0 Å². The van der Waals surface area contributed by atoms with Gasteiger partial charge in [0.25, 0.3) is 17.4 Å². The fraction of sp³-hybridized carbons (Fsp3) is 0.412. The average molecular weight is 836 g/mol. The number of benzene rings is 2. The van der Waals surface area contributed by atoms with Crippen LogP contribution < -0.4 is 35.9 Å². The van der Waals surface area contributed by atoms with Crippen molar-refractivity contribution < 1.29 is 33.6 Å². The molecule has 0 spiro atoms. The Balaban J connectivity index is 1.35. The molecule has 280 valence electrons. The van der Waals surface area contributed by atoms with Gasteiger partial charge in [-0.05, 0) is 5.57 Å². The van der Waals surface area contributed by atoms with Crippen LogP contribution in [0.5, 0.6) is 28.7 Å². The predicted octanol–water partition coefficient (Wildman–Crippen LogP) is 2.39. The molecule has 1 saturated heterocycles. The summed E-state index contributed by atoms with van der Waals surface area (Å²) in [5, 5.41) is 10.5. The van der Waals surface area contributed by atoms with E-state index in [4.69, 9.17) is 42.1 Å². The van der Waals surface area contributed by atoms with Crippen molar-refractivity contribution in [2.24, 2.45) is 7.05 Å². The second kappa shape index (κ2) is 13.0. The highest BCUT2D eigenvalue weighted by molar-refractivity contribution is 9.09. The Morgan fingerprint density at radius 2 is 1.53 bits per heavy atom. The molecule has 4 atom stereocenters. The Hall–Kier alpha value is -4.74. The zero-order valence-electron chi connectivity index (χ0n) is 29.0. The number of rotatable bonds is 9. The summed E-state index contributed by atoms with van der Waals surface area (Å²) in [7, 11) is 7.23. The minimum Gasteiger partial charge on any atom is -0.508 e. The normalized spacial score (nSPS) is 23.4. The Kier molecular flexibility index (Phi) is 8.97. The zero-order chi connectivity index (χ0) is 38.3. The lowest BCUT2D eigenvalue weighted by atomic mass is 9.64. The summed E-state index contributed by atoms with van der Waals surface area (Å²) in [6.45, 7) is -0.326. The second-order valence-electron chi connectivity index (χ2n) is 12.8. The van der Waals surface area contributed by atoms with Gasteiger partial charge in [0.1, 0.15) is 22.9 Å². The summed E-state index contributed by atoms with van der Waals surface area (Å²) in [5.41, 5.74) is -0.411. The van der Waals surface area contributed by atoms with Gasteiger partial charge in [0.15, 0.2) is 21.2 Å². The summed E-state index contributed by atoms with van der Waals surface area (Å²) in [4.78, 5) is 70.9. The van der Waals surface area contributed by atoms with E-state index >= 15 is 0 Å². The van der Waals surface area contributed by atoms with E-state index in [0.29, 0.717) is 28.1 Å². The van der Waals surface area contributed by atoms with Crippen molar-refractivity contribution in [1.82, 2.24) is 28.4 Å². The first-order chi connectivity index (χ1) is 25.2. The van der Waals surface area contributed by atoms with Crippen molar-refractivity contribution in [3.05, 3.63) is 78.5 Å². The van der Waals surface area contributed by atoms with Crippen molar-refractivity contribution in [1.29, 1.82) is 0 Å². The van der Waals surface area contributed by atoms with Crippen molar-refractivity contribution in [3.8, 4) is 28.7 Å². The SMILES string of the molecule is COc1cc2nc(CCn3c(=O)n4n(c3=O)[C@@H]3C[C@@]5(Cl)C(=O)N(CBr)C(=O)[C@@]5(Cl)[C@@H](c5c(OC)cc(O)cc5OC)C3=CC4)c(=O)n(C)c2cc1OC. The van der Waals surface area contributed by atoms with E-state index in [0.717, 1.165) is 9.47 Å². The zero-order valence-corrected chi connectivity index (χ0v) is 32.1. The van der Waals surface area contributed by atoms with Gasteiger partial charge in [0.05, 0.1) is 57.5 Å². The van der Waals surface area contributed by atoms with Gasteiger partial charge in [-0.3, -0.25) is 19.3 Å². The molecule has 3 aliphatic rings. The quantitative estimate of drug-likeness (QED) is 0.113. The molecule has 7 rings (SSSR count). The second-order valence-corrected chi connectivity index (χ2v) is 14.5. The van der Waals surface area contributed by atoms with E-state index in [-0.39, 0.29) is 59.9 Å². The first-order valence-electron chi connectivity index (χ1n) is 16.2. The highest BCUT2D eigenvalue weighted by Gasteiger charge is 2.76. The molecule has 2 aliphatic heterocycles. The van der Waals surface area contributed by atoms with Crippen molar-refractivity contribution in [3.63, 3.8) is 0 Å². The molecule has 1 N–H and O–H groups in total. The Bertz CT molecular complexity index is 2430. The number of aryl methyl sites for hydroxylation is 2. The molecule has 0 radical (unpaired) electrons. The number of likely N-dealkylation sites (tertiary alicyclic amines) is 1. The van der Waals surface area contributed by atoms with Crippen LogP contribution in [0.15, 0.2) is 50.3 Å². The maximum Gasteiger partial charge on any atom is 0.347 e. The molecule has 1 saturated carbocycles. The number of imide groups is 1. The van der Waals surface area contributed by atoms with Gasteiger partial charge in [-0.1, -0.05) is 22.0 Å². The molecular weight excluding hydrogens is 803 g/mol. The maximum absolute atomic E-state index is 14.3. The lowest BCUT2D eigenvalue weighted by Gasteiger charge is -2.49. The predicted molar refractivity (Wildman–Crippen MR) is 195 cm³/mol. The topological polar surface area (TPSA) is 178 Å². The smallest absolute Gasteiger partial charge is 0.347 e. The summed E-state index contributed by atoms with van der Waals surface area (Å²) in [6.07, 6.45) is 1.26. The third-order valence-corrected chi connectivity index (χ3v) is 12.3. The monoisotopic (exact) mass is 834 g/mol. The number of hydrogen-bond donors (Lipinski definition) is 1. The number of hydrogen-bond acceptors (Lipinski definition) is 11. The number of amides is 2. The third-order valence-electron chi connectivity index (χ3n) is 10.4. The average Bonchev–Trinajstić information content (AvgIpc) is 3.48. The third kappa shape index (κ3) is 4.99. The fourth-order valence-electron chi connectivity index (χ4n) is 7.87. The maximum atomic E-state index is 14.3. The lowest BCUT2D eigenvalue weighted by molar-refractivity contribution is -0.138. The Labute approximate surface area is 318 Å².